The molecule has 140 valence electrons. The molecule has 0 aliphatic carbocycles. The van der Waals surface area contributed by atoms with E-state index in [-0.39, 0.29) is 23.2 Å². The zero-order valence-electron chi connectivity index (χ0n) is 14.9. The summed E-state index contributed by atoms with van der Waals surface area (Å²) in [5, 5.41) is 2.75. The topological polar surface area (TPSA) is 93.7 Å². The summed E-state index contributed by atoms with van der Waals surface area (Å²) in [5.41, 5.74) is 0.934. The molecule has 2 aromatic carbocycles. The summed E-state index contributed by atoms with van der Waals surface area (Å²) in [4.78, 5) is 12.0. The minimum atomic E-state index is -3.86. The summed E-state index contributed by atoms with van der Waals surface area (Å²) >= 11 is 0. The van der Waals surface area contributed by atoms with Gasteiger partial charge in [-0.2, -0.15) is 0 Å². The van der Waals surface area contributed by atoms with Crippen LogP contribution >= 0.6 is 0 Å². The zero-order valence-corrected chi connectivity index (χ0v) is 15.7. The first kappa shape index (κ1) is 19.7. The predicted molar refractivity (Wildman–Crippen MR) is 97.7 cm³/mol. The fourth-order valence-corrected chi connectivity index (χ4v) is 3.34. The Bertz CT molecular complexity index is 853. The molecule has 2 rings (SSSR count). The number of benzene rings is 2. The summed E-state index contributed by atoms with van der Waals surface area (Å²) in [6.45, 7) is 1.46. The standard InChI is InChI=1S/C18H22N2O5S/c1-13(14-7-5-4-6-8-14)20-18(21)12-19-26(22,23)15-9-10-16(24-2)17(11-15)25-3/h4-11,13,19H,12H2,1-3H3,(H,20,21). The quantitative estimate of drug-likeness (QED) is 0.731. The van der Waals surface area contributed by atoms with Crippen molar-refractivity contribution in [2.24, 2.45) is 0 Å². The van der Waals surface area contributed by atoms with E-state index in [0.717, 1.165) is 5.56 Å². The molecule has 2 N–H and O–H groups in total. The van der Waals surface area contributed by atoms with Crippen molar-refractivity contribution in [3.8, 4) is 11.5 Å². The van der Waals surface area contributed by atoms with Gasteiger partial charge in [0.1, 0.15) is 0 Å². The molecule has 0 spiro atoms. The lowest BCUT2D eigenvalue weighted by molar-refractivity contribution is -0.120. The van der Waals surface area contributed by atoms with Gasteiger partial charge in [0.25, 0.3) is 0 Å². The summed E-state index contributed by atoms with van der Waals surface area (Å²) in [6.07, 6.45) is 0. The monoisotopic (exact) mass is 378 g/mol. The van der Waals surface area contributed by atoms with Gasteiger partial charge >= 0.3 is 0 Å². The minimum absolute atomic E-state index is 0.0148. The molecule has 26 heavy (non-hydrogen) atoms. The SMILES string of the molecule is COc1ccc(S(=O)(=O)NCC(=O)NC(C)c2ccccc2)cc1OC. The first-order valence-electron chi connectivity index (χ1n) is 7.93. The molecular weight excluding hydrogens is 356 g/mol. The summed E-state index contributed by atoms with van der Waals surface area (Å²) in [5.74, 6) is 0.281. The smallest absolute Gasteiger partial charge is 0.241 e. The lowest BCUT2D eigenvalue weighted by Crippen LogP contribution is -2.38. The van der Waals surface area contributed by atoms with Crippen LogP contribution in [0.5, 0.6) is 11.5 Å². The second kappa shape index (κ2) is 8.68. The molecule has 2 aromatic rings. The largest absolute Gasteiger partial charge is 0.493 e. The highest BCUT2D eigenvalue weighted by Crippen LogP contribution is 2.29. The number of hydrogen-bond donors (Lipinski definition) is 2. The molecule has 0 aliphatic heterocycles. The van der Waals surface area contributed by atoms with E-state index in [1.807, 2.05) is 37.3 Å². The van der Waals surface area contributed by atoms with E-state index >= 15 is 0 Å². The second-order valence-electron chi connectivity index (χ2n) is 5.54. The lowest BCUT2D eigenvalue weighted by atomic mass is 10.1. The van der Waals surface area contributed by atoms with Gasteiger partial charge in [-0.25, -0.2) is 13.1 Å². The number of carbonyl (C=O) groups excluding carboxylic acids is 1. The Balaban J connectivity index is 2.00. The Morgan fingerprint density at radius 1 is 1.04 bits per heavy atom. The summed E-state index contributed by atoms with van der Waals surface area (Å²) < 4.78 is 37.2. The van der Waals surface area contributed by atoms with Crippen molar-refractivity contribution in [2.45, 2.75) is 17.9 Å². The van der Waals surface area contributed by atoms with Crippen molar-refractivity contribution >= 4 is 15.9 Å². The van der Waals surface area contributed by atoms with Gasteiger partial charge in [0.15, 0.2) is 11.5 Å². The van der Waals surface area contributed by atoms with Crippen molar-refractivity contribution in [1.29, 1.82) is 0 Å². The van der Waals surface area contributed by atoms with Gasteiger partial charge < -0.3 is 14.8 Å². The molecule has 0 bridgehead atoms. The zero-order chi connectivity index (χ0) is 19.2. The van der Waals surface area contributed by atoms with Crippen LogP contribution in [0.25, 0.3) is 0 Å². The number of methoxy groups -OCH3 is 2. The van der Waals surface area contributed by atoms with Gasteiger partial charge in [-0.05, 0) is 24.6 Å². The molecule has 0 heterocycles. The van der Waals surface area contributed by atoms with E-state index in [2.05, 4.69) is 10.0 Å². The molecule has 1 amide bonds. The van der Waals surface area contributed by atoms with Crippen LogP contribution in [0.4, 0.5) is 0 Å². The van der Waals surface area contributed by atoms with E-state index in [0.29, 0.717) is 5.75 Å². The highest BCUT2D eigenvalue weighted by Gasteiger charge is 2.19. The van der Waals surface area contributed by atoms with Crippen LogP contribution in [0.15, 0.2) is 53.4 Å². The molecule has 8 heteroatoms. The van der Waals surface area contributed by atoms with Crippen LogP contribution in [0.1, 0.15) is 18.5 Å². The highest BCUT2D eigenvalue weighted by atomic mass is 32.2. The van der Waals surface area contributed by atoms with E-state index in [1.165, 1.54) is 32.4 Å². The van der Waals surface area contributed by atoms with Gasteiger partial charge in [0.2, 0.25) is 15.9 Å². The number of nitrogens with one attached hydrogen (secondary N) is 2. The van der Waals surface area contributed by atoms with Gasteiger partial charge in [-0.1, -0.05) is 30.3 Å². The summed E-state index contributed by atoms with van der Waals surface area (Å²) in [6, 6.07) is 13.4. The highest BCUT2D eigenvalue weighted by molar-refractivity contribution is 7.89. The Labute approximate surface area is 153 Å². The molecule has 7 nitrogen and oxygen atoms in total. The predicted octanol–water partition coefficient (Wildman–Crippen LogP) is 1.86. The normalized spacial score (nSPS) is 12.3. The first-order valence-corrected chi connectivity index (χ1v) is 9.41. The van der Waals surface area contributed by atoms with E-state index in [4.69, 9.17) is 9.47 Å². The molecule has 1 atom stereocenters. The van der Waals surface area contributed by atoms with Crippen LogP contribution < -0.4 is 19.5 Å². The molecular formula is C18H22N2O5S. The third-order valence-corrected chi connectivity index (χ3v) is 5.16. The van der Waals surface area contributed by atoms with Crippen LogP contribution in [0.2, 0.25) is 0 Å². The van der Waals surface area contributed by atoms with Crippen molar-refractivity contribution < 1.29 is 22.7 Å². The van der Waals surface area contributed by atoms with Crippen molar-refractivity contribution in [3.05, 3.63) is 54.1 Å². The average molecular weight is 378 g/mol. The van der Waals surface area contributed by atoms with Gasteiger partial charge in [0.05, 0.1) is 31.7 Å². The van der Waals surface area contributed by atoms with Crippen LogP contribution in [0.3, 0.4) is 0 Å². The van der Waals surface area contributed by atoms with Crippen molar-refractivity contribution in [1.82, 2.24) is 10.0 Å². The molecule has 0 fully saturated rings. The number of sulfonamides is 1. The molecule has 0 saturated carbocycles. The fourth-order valence-electron chi connectivity index (χ4n) is 2.35. The van der Waals surface area contributed by atoms with Crippen molar-refractivity contribution in [2.75, 3.05) is 20.8 Å². The Morgan fingerprint density at radius 2 is 1.69 bits per heavy atom. The molecule has 0 aromatic heterocycles. The third kappa shape index (κ3) is 4.96. The second-order valence-corrected chi connectivity index (χ2v) is 7.31. The maximum Gasteiger partial charge on any atom is 0.241 e. The molecule has 0 aliphatic rings. The van der Waals surface area contributed by atoms with E-state index in [1.54, 1.807) is 0 Å². The van der Waals surface area contributed by atoms with Crippen LogP contribution in [-0.2, 0) is 14.8 Å². The fraction of sp³-hybridized carbons (Fsp3) is 0.278. The Hall–Kier alpha value is -2.58. The maximum absolute atomic E-state index is 12.4. The number of hydrogen-bond acceptors (Lipinski definition) is 5. The Kier molecular flexibility index (Phi) is 6.59. The minimum Gasteiger partial charge on any atom is -0.493 e. The van der Waals surface area contributed by atoms with Gasteiger partial charge in [0, 0.05) is 6.07 Å². The number of carbonyl (C=O) groups is 1. The van der Waals surface area contributed by atoms with E-state index in [9.17, 15) is 13.2 Å². The average Bonchev–Trinajstić information content (AvgIpc) is 2.66. The molecule has 0 saturated heterocycles. The summed E-state index contributed by atoms with van der Waals surface area (Å²) in [7, 11) is -0.982. The van der Waals surface area contributed by atoms with Gasteiger partial charge in [-0.15, -0.1) is 0 Å². The van der Waals surface area contributed by atoms with E-state index < -0.39 is 15.9 Å². The first-order chi connectivity index (χ1) is 12.4. The molecule has 0 radical (unpaired) electrons. The Morgan fingerprint density at radius 3 is 2.31 bits per heavy atom. The number of ether oxygens (including phenoxy) is 2. The molecule has 1 unspecified atom stereocenters. The number of amides is 1. The van der Waals surface area contributed by atoms with Crippen molar-refractivity contribution in [3.63, 3.8) is 0 Å². The third-order valence-electron chi connectivity index (χ3n) is 3.77. The van der Waals surface area contributed by atoms with Gasteiger partial charge in [-0.3, -0.25) is 4.79 Å². The van der Waals surface area contributed by atoms with Crippen LogP contribution in [-0.4, -0.2) is 35.1 Å². The number of rotatable bonds is 8. The van der Waals surface area contributed by atoms with Crippen LogP contribution in [0, 0.1) is 0 Å². The lowest BCUT2D eigenvalue weighted by Gasteiger charge is -2.15. The maximum atomic E-state index is 12.4.